The summed E-state index contributed by atoms with van der Waals surface area (Å²) in [6.45, 7) is 4.15. The number of ether oxygens (including phenoxy) is 1. The van der Waals surface area contributed by atoms with E-state index in [4.69, 9.17) is 9.15 Å². The number of carbonyl (C=O) groups is 1. The molecule has 1 atom stereocenters. The van der Waals surface area contributed by atoms with Crippen molar-refractivity contribution in [2.24, 2.45) is 4.99 Å². The number of hydrogen-bond donors (Lipinski definition) is 1. The zero-order valence-corrected chi connectivity index (χ0v) is 24.5. The van der Waals surface area contributed by atoms with Gasteiger partial charge in [-0.2, -0.15) is 0 Å². The number of fused-ring (bicyclic) bond motifs is 1. The van der Waals surface area contributed by atoms with Gasteiger partial charge in [-0.25, -0.2) is 4.99 Å². The van der Waals surface area contributed by atoms with Crippen LogP contribution in [0, 0.1) is 10.1 Å². The van der Waals surface area contributed by atoms with Gasteiger partial charge in [-0.1, -0.05) is 53.8 Å². The van der Waals surface area contributed by atoms with Crippen molar-refractivity contribution in [2.45, 2.75) is 19.9 Å². The van der Waals surface area contributed by atoms with E-state index in [2.05, 4.69) is 10.3 Å². The number of rotatable bonds is 8. The molecule has 3 aromatic carbocycles. The molecular formula is C33H26N4O6S. The maximum atomic E-state index is 14.0. The summed E-state index contributed by atoms with van der Waals surface area (Å²) in [5, 5.41) is 14.5. The highest BCUT2D eigenvalue weighted by Gasteiger charge is 2.32. The van der Waals surface area contributed by atoms with Crippen molar-refractivity contribution in [3.05, 3.63) is 143 Å². The molecule has 2 aromatic heterocycles. The number of nitrogens with zero attached hydrogens (tertiary/aromatic N) is 3. The molecule has 0 spiro atoms. The summed E-state index contributed by atoms with van der Waals surface area (Å²) in [6, 6.07) is 25.2. The van der Waals surface area contributed by atoms with E-state index in [0.29, 0.717) is 61.3 Å². The maximum absolute atomic E-state index is 14.0. The largest absolute Gasteiger partial charge is 0.494 e. The summed E-state index contributed by atoms with van der Waals surface area (Å²) in [4.78, 5) is 43.9. The van der Waals surface area contributed by atoms with Gasteiger partial charge in [-0.15, -0.1) is 0 Å². The van der Waals surface area contributed by atoms with Crippen LogP contribution in [0.3, 0.4) is 0 Å². The predicted octanol–water partition coefficient (Wildman–Crippen LogP) is 5.44. The van der Waals surface area contributed by atoms with Gasteiger partial charge in [-0.05, 0) is 61.9 Å². The van der Waals surface area contributed by atoms with E-state index in [9.17, 15) is 19.7 Å². The summed E-state index contributed by atoms with van der Waals surface area (Å²) in [7, 11) is 0. The number of anilines is 1. The molecule has 3 heterocycles. The molecule has 10 nitrogen and oxygen atoms in total. The van der Waals surface area contributed by atoms with Crippen molar-refractivity contribution in [2.75, 3.05) is 11.9 Å². The van der Waals surface area contributed by atoms with Crippen molar-refractivity contribution in [1.29, 1.82) is 0 Å². The SMILES string of the molecule is CCOc1ccc([C@@H]2C(C(=O)Nc3ccccc3)=C(C)N=c3s/c(=C\c4ccc(-c5ccccc5[N+](=O)[O-])o4)c(=O)n32)cc1. The van der Waals surface area contributed by atoms with Crippen LogP contribution >= 0.6 is 11.3 Å². The van der Waals surface area contributed by atoms with Crippen molar-refractivity contribution < 1.29 is 18.9 Å². The second-order valence-corrected chi connectivity index (χ2v) is 10.9. The van der Waals surface area contributed by atoms with Crippen molar-refractivity contribution >= 4 is 34.7 Å². The standard InChI is InChI=1S/C33H26N4O6S/c1-3-42-23-15-13-21(14-16-23)30-29(31(38)35-22-9-5-4-6-10-22)20(2)34-33-36(30)32(39)28(44-33)19-24-17-18-27(43-24)25-11-7-8-12-26(25)37(40)41/h4-19,30H,3H2,1-2H3,(H,35,38)/b28-19-/t30-/m1/s1. The zero-order chi connectivity index (χ0) is 30.8. The number of hydrogen-bond acceptors (Lipinski definition) is 8. The van der Waals surface area contributed by atoms with E-state index in [1.165, 1.54) is 22.0 Å². The number of nitrogens with one attached hydrogen (secondary N) is 1. The highest BCUT2D eigenvalue weighted by molar-refractivity contribution is 7.07. The minimum Gasteiger partial charge on any atom is -0.494 e. The third-order valence-corrected chi connectivity index (χ3v) is 8.05. The third kappa shape index (κ3) is 5.48. The number of benzene rings is 3. The molecule has 1 N–H and O–H groups in total. The molecule has 0 fully saturated rings. The Morgan fingerprint density at radius 3 is 2.52 bits per heavy atom. The Morgan fingerprint density at radius 1 is 1.07 bits per heavy atom. The molecule has 0 saturated carbocycles. The fourth-order valence-electron chi connectivity index (χ4n) is 5.11. The number of aromatic nitrogens is 1. The Morgan fingerprint density at radius 2 is 1.80 bits per heavy atom. The topological polar surface area (TPSA) is 129 Å². The van der Waals surface area contributed by atoms with Gasteiger partial charge in [0.25, 0.3) is 17.2 Å². The monoisotopic (exact) mass is 606 g/mol. The van der Waals surface area contributed by atoms with Crippen LogP contribution in [0.25, 0.3) is 17.4 Å². The van der Waals surface area contributed by atoms with Gasteiger partial charge in [0.05, 0.1) is 38.9 Å². The van der Waals surface area contributed by atoms with Crippen LogP contribution in [-0.2, 0) is 4.79 Å². The number of furan rings is 1. The first-order valence-electron chi connectivity index (χ1n) is 13.8. The Labute approximate surface area is 255 Å². The number of carbonyl (C=O) groups excluding carboxylic acids is 1. The van der Waals surface area contributed by atoms with Crippen LogP contribution in [0.2, 0.25) is 0 Å². The number of para-hydroxylation sites is 2. The van der Waals surface area contributed by atoms with Crippen LogP contribution in [0.5, 0.6) is 5.75 Å². The molecule has 220 valence electrons. The zero-order valence-electron chi connectivity index (χ0n) is 23.7. The lowest BCUT2D eigenvalue weighted by molar-refractivity contribution is -0.384. The highest BCUT2D eigenvalue weighted by atomic mass is 32.1. The molecule has 0 radical (unpaired) electrons. The van der Waals surface area contributed by atoms with E-state index in [1.54, 1.807) is 55.5 Å². The summed E-state index contributed by atoms with van der Waals surface area (Å²) < 4.78 is 13.4. The Balaban J connectivity index is 1.45. The molecule has 0 saturated heterocycles. The number of amides is 1. The van der Waals surface area contributed by atoms with Gasteiger partial charge in [0, 0.05) is 17.8 Å². The first-order chi connectivity index (χ1) is 21.3. The predicted molar refractivity (Wildman–Crippen MR) is 167 cm³/mol. The summed E-state index contributed by atoms with van der Waals surface area (Å²) in [6.07, 6.45) is 1.58. The first kappa shape index (κ1) is 28.6. The molecular weight excluding hydrogens is 580 g/mol. The molecule has 11 heteroatoms. The van der Waals surface area contributed by atoms with E-state index in [1.807, 2.05) is 49.4 Å². The summed E-state index contributed by atoms with van der Waals surface area (Å²) >= 11 is 1.17. The Bertz CT molecular complexity index is 2090. The number of thiazole rings is 1. The van der Waals surface area contributed by atoms with E-state index < -0.39 is 11.0 Å². The van der Waals surface area contributed by atoms with Gasteiger partial charge in [-0.3, -0.25) is 24.3 Å². The van der Waals surface area contributed by atoms with Crippen LogP contribution in [0.4, 0.5) is 11.4 Å². The minimum atomic E-state index is -0.757. The molecule has 1 amide bonds. The smallest absolute Gasteiger partial charge is 0.280 e. The number of nitro groups is 1. The number of allylic oxidation sites excluding steroid dienone is 1. The molecule has 0 unspecified atom stereocenters. The van der Waals surface area contributed by atoms with Crippen LogP contribution < -0.4 is 24.9 Å². The van der Waals surface area contributed by atoms with Crippen LogP contribution in [0.1, 0.15) is 31.2 Å². The van der Waals surface area contributed by atoms with Crippen LogP contribution in [0.15, 0.2) is 116 Å². The molecule has 0 aliphatic carbocycles. The molecule has 0 bridgehead atoms. The highest BCUT2D eigenvalue weighted by Crippen LogP contribution is 2.33. The fraction of sp³-hybridized carbons (Fsp3) is 0.121. The van der Waals surface area contributed by atoms with E-state index >= 15 is 0 Å². The average Bonchev–Trinajstić information content (AvgIpc) is 3.61. The maximum Gasteiger partial charge on any atom is 0.280 e. The normalized spacial score (nSPS) is 14.6. The molecule has 1 aliphatic heterocycles. The second kappa shape index (κ2) is 12.0. The van der Waals surface area contributed by atoms with Gasteiger partial charge >= 0.3 is 0 Å². The Kier molecular flexibility index (Phi) is 7.78. The summed E-state index contributed by atoms with van der Waals surface area (Å²) in [5.74, 6) is 0.954. The fourth-order valence-corrected chi connectivity index (χ4v) is 6.13. The lowest BCUT2D eigenvalue weighted by Gasteiger charge is -2.25. The van der Waals surface area contributed by atoms with Crippen molar-refractivity contribution in [3.8, 4) is 17.1 Å². The molecule has 1 aliphatic rings. The molecule has 6 rings (SSSR count). The van der Waals surface area contributed by atoms with E-state index in [-0.39, 0.29) is 17.2 Å². The third-order valence-electron chi connectivity index (χ3n) is 7.07. The minimum absolute atomic E-state index is 0.0834. The summed E-state index contributed by atoms with van der Waals surface area (Å²) in [5.41, 5.74) is 2.06. The van der Waals surface area contributed by atoms with Crippen molar-refractivity contribution in [3.63, 3.8) is 0 Å². The lowest BCUT2D eigenvalue weighted by Crippen LogP contribution is -2.40. The molecule has 5 aromatic rings. The van der Waals surface area contributed by atoms with E-state index in [0.717, 1.165) is 0 Å². The first-order valence-corrected chi connectivity index (χ1v) is 14.6. The second-order valence-electron chi connectivity index (χ2n) is 9.88. The average molecular weight is 607 g/mol. The van der Waals surface area contributed by atoms with Gasteiger partial charge in [0.2, 0.25) is 0 Å². The van der Waals surface area contributed by atoms with Crippen LogP contribution in [-0.4, -0.2) is 22.0 Å². The molecule has 44 heavy (non-hydrogen) atoms. The Hall–Kier alpha value is -5.55. The van der Waals surface area contributed by atoms with Gasteiger partial charge in [0.1, 0.15) is 17.3 Å². The van der Waals surface area contributed by atoms with Crippen molar-refractivity contribution in [1.82, 2.24) is 4.57 Å². The quantitative estimate of drug-likeness (QED) is 0.185. The number of nitro benzene ring substituents is 1. The van der Waals surface area contributed by atoms with Gasteiger partial charge < -0.3 is 14.5 Å². The van der Waals surface area contributed by atoms with Gasteiger partial charge in [0.15, 0.2) is 4.80 Å². The lowest BCUT2D eigenvalue weighted by atomic mass is 9.95.